The van der Waals surface area contributed by atoms with Gasteiger partial charge < -0.3 is 14.8 Å². The van der Waals surface area contributed by atoms with Crippen molar-refractivity contribution in [2.24, 2.45) is 11.3 Å². The first-order valence-corrected chi connectivity index (χ1v) is 8.40. The van der Waals surface area contributed by atoms with E-state index in [4.69, 9.17) is 9.47 Å². The van der Waals surface area contributed by atoms with E-state index in [2.05, 4.69) is 10.3 Å². The maximum absolute atomic E-state index is 12.2. The van der Waals surface area contributed by atoms with Crippen molar-refractivity contribution in [3.8, 4) is 5.88 Å². The lowest BCUT2D eigenvalue weighted by molar-refractivity contribution is -0.176. The molecule has 2 heterocycles. The molecule has 2 aliphatic carbocycles. The van der Waals surface area contributed by atoms with Gasteiger partial charge in [0.1, 0.15) is 0 Å². The van der Waals surface area contributed by atoms with Crippen LogP contribution in [0.1, 0.15) is 31.2 Å². The summed E-state index contributed by atoms with van der Waals surface area (Å²) < 4.78 is 35.3. The fourth-order valence-corrected chi connectivity index (χ4v) is 4.58. The number of rotatable bonds is 6. The fourth-order valence-electron chi connectivity index (χ4n) is 4.58. The van der Waals surface area contributed by atoms with E-state index in [0.29, 0.717) is 30.0 Å². The van der Waals surface area contributed by atoms with Crippen LogP contribution in [0.2, 0.25) is 0 Å². The Balaban J connectivity index is 1.36. The minimum Gasteiger partial charge on any atom is -0.472 e. The molecule has 0 bridgehead atoms. The van der Waals surface area contributed by atoms with E-state index >= 15 is 0 Å². The molecule has 3 atom stereocenters. The Morgan fingerprint density at radius 2 is 2.30 bits per heavy atom. The van der Waals surface area contributed by atoms with Crippen molar-refractivity contribution in [3.63, 3.8) is 0 Å². The predicted molar refractivity (Wildman–Crippen MR) is 80.5 cm³/mol. The molecular weight excluding hydrogens is 302 g/mol. The number of ether oxygens (including phenoxy) is 2. The summed E-state index contributed by atoms with van der Waals surface area (Å²) in [5.41, 5.74) is 1.37. The quantitative estimate of drug-likeness (QED) is 0.874. The molecule has 1 spiro atoms. The standard InChI is InChI=1S/C17H22F2N2O2/c18-13(19)10-23-14-8-11(2-6-20-14)9-21-15-12-3-7-22-16(12)17(15)4-1-5-17/h2,6,8,12-13,15-16,21H,1,3-5,7,9-10H2/t12-,15+,16-/m0/s1. The van der Waals surface area contributed by atoms with Gasteiger partial charge in [-0.15, -0.1) is 0 Å². The second kappa shape index (κ2) is 5.98. The third-order valence-corrected chi connectivity index (χ3v) is 5.72. The van der Waals surface area contributed by atoms with Crippen LogP contribution in [0.5, 0.6) is 5.88 Å². The Morgan fingerprint density at radius 3 is 3.04 bits per heavy atom. The molecule has 23 heavy (non-hydrogen) atoms. The molecule has 3 aliphatic rings. The average Bonchev–Trinajstić information content (AvgIpc) is 2.89. The zero-order valence-electron chi connectivity index (χ0n) is 13.0. The number of aromatic nitrogens is 1. The first-order chi connectivity index (χ1) is 11.2. The Kier molecular flexibility index (Phi) is 3.97. The van der Waals surface area contributed by atoms with E-state index in [1.807, 2.05) is 6.07 Å². The Hall–Kier alpha value is -1.27. The molecule has 4 nitrogen and oxygen atoms in total. The molecule has 6 heteroatoms. The summed E-state index contributed by atoms with van der Waals surface area (Å²) in [4.78, 5) is 3.98. The highest BCUT2D eigenvalue weighted by Gasteiger charge is 2.66. The lowest BCUT2D eigenvalue weighted by Crippen LogP contribution is -2.70. The largest absolute Gasteiger partial charge is 0.472 e. The second-order valence-electron chi connectivity index (χ2n) is 6.89. The molecule has 1 aliphatic heterocycles. The number of fused-ring (bicyclic) bond motifs is 2. The SMILES string of the molecule is FC(F)COc1cc(CN[C@@H]2[C@@H]3CCO[C@@H]3C23CCC3)ccn1. The Morgan fingerprint density at radius 1 is 1.43 bits per heavy atom. The Bertz CT molecular complexity index is 565. The summed E-state index contributed by atoms with van der Waals surface area (Å²) >= 11 is 0. The monoisotopic (exact) mass is 324 g/mol. The van der Waals surface area contributed by atoms with Gasteiger partial charge in [0, 0.05) is 42.8 Å². The number of hydrogen-bond acceptors (Lipinski definition) is 4. The van der Waals surface area contributed by atoms with Gasteiger partial charge in [0.05, 0.1) is 6.10 Å². The van der Waals surface area contributed by atoms with Crippen molar-refractivity contribution in [1.82, 2.24) is 10.3 Å². The average molecular weight is 324 g/mol. The number of nitrogens with zero attached hydrogens (tertiary/aromatic N) is 1. The summed E-state index contributed by atoms with van der Waals surface area (Å²) in [5, 5.41) is 3.68. The van der Waals surface area contributed by atoms with Crippen LogP contribution in [0, 0.1) is 11.3 Å². The number of pyridine rings is 1. The summed E-state index contributed by atoms with van der Waals surface area (Å²) in [6.07, 6.45) is 4.53. The Labute approximate surface area is 134 Å². The van der Waals surface area contributed by atoms with Crippen LogP contribution in [-0.4, -0.2) is 36.8 Å². The van der Waals surface area contributed by atoms with Gasteiger partial charge in [-0.2, -0.15) is 0 Å². The van der Waals surface area contributed by atoms with Crippen molar-refractivity contribution in [2.75, 3.05) is 13.2 Å². The first-order valence-electron chi connectivity index (χ1n) is 8.40. The maximum atomic E-state index is 12.2. The molecule has 0 aromatic carbocycles. The molecule has 0 amide bonds. The van der Waals surface area contributed by atoms with Crippen LogP contribution in [-0.2, 0) is 11.3 Å². The number of hydrogen-bond donors (Lipinski definition) is 1. The van der Waals surface area contributed by atoms with Crippen LogP contribution in [0.15, 0.2) is 18.3 Å². The topological polar surface area (TPSA) is 43.4 Å². The lowest BCUT2D eigenvalue weighted by Gasteiger charge is -2.63. The minimum atomic E-state index is -2.48. The van der Waals surface area contributed by atoms with Crippen molar-refractivity contribution in [2.45, 2.75) is 50.8 Å². The fraction of sp³-hybridized carbons (Fsp3) is 0.706. The first kappa shape index (κ1) is 15.3. The molecular formula is C17H22F2N2O2. The van der Waals surface area contributed by atoms with E-state index in [1.165, 1.54) is 19.3 Å². The summed E-state index contributed by atoms with van der Waals surface area (Å²) in [7, 11) is 0. The molecule has 1 saturated heterocycles. The van der Waals surface area contributed by atoms with Crippen molar-refractivity contribution < 1.29 is 18.3 Å². The van der Waals surface area contributed by atoms with Gasteiger partial charge in [-0.25, -0.2) is 13.8 Å². The van der Waals surface area contributed by atoms with Gasteiger partial charge >= 0.3 is 0 Å². The molecule has 1 aromatic heterocycles. The second-order valence-corrected chi connectivity index (χ2v) is 6.89. The molecule has 0 radical (unpaired) electrons. The smallest absolute Gasteiger partial charge is 0.272 e. The molecule has 126 valence electrons. The van der Waals surface area contributed by atoms with Crippen molar-refractivity contribution >= 4 is 0 Å². The van der Waals surface area contributed by atoms with E-state index < -0.39 is 13.0 Å². The van der Waals surface area contributed by atoms with Crippen LogP contribution in [0.25, 0.3) is 0 Å². The number of halogens is 2. The summed E-state index contributed by atoms with van der Waals surface area (Å²) in [5.74, 6) is 0.894. The van der Waals surface area contributed by atoms with E-state index in [9.17, 15) is 8.78 Å². The molecule has 1 aromatic rings. The molecule has 2 saturated carbocycles. The van der Waals surface area contributed by atoms with Gasteiger partial charge in [-0.3, -0.25) is 0 Å². The highest BCUT2D eigenvalue weighted by Crippen LogP contribution is 2.62. The molecule has 0 unspecified atom stereocenters. The van der Waals surface area contributed by atoms with Crippen molar-refractivity contribution in [3.05, 3.63) is 23.9 Å². The van der Waals surface area contributed by atoms with Gasteiger partial charge in [0.2, 0.25) is 5.88 Å². The van der Waals surface area contributed by atoms with E-state index in [-0.39, 0.29) is 5.88 Å². The van der Waals surface area contributed by atoms with Crippen LogP contribution in [0.4, 0.5) is 8.78 Å². The highest BCUT2D eigenvalue weighted by atomic mass is 19.3. The van der Waals surface area contributed by atoms with Crippen LogP contribution in [0.3, 0.4) is 0 Å². The zero-order valence-corrected chi connectivity index (χ0v) is 13.0. The molecule has 3 fully saturated rings. The zero-order chi connectivity index (χ0) is 15.9. The van der Waals surface area contributed by atoms with Crippen LogP contribution < -0.4 is 10.1 Å². The van der Waals surface area contributed by atoms with Crippen LogP contribution >= 0.6 is 0 Å². The summed E-state index contributed by atoms with van der Waals surface area (Å²) in [6.45, 7) is 0.982. The third-order valence-electron chi connectivity index (χ3n) is 5.72. The normalized spacial score (nSPS) is 30.8. The highest BCUT2D eigenvalue weighted by molar-refractivity contribution is 5.22. The predicted octanol–water partition coefficient (Wildman–Crippen LogP) is 2.77. The van der Waals surface area contributed by atoms with E-state index in [0.717, 1.165) is 18.6 Å². The van der Waals surface area contributed by atoms with Gasteiger partial charge in [-0.05, 0) is 30.9 Å². The number of alkyl halides is 2. The van der Waals surface area contributed by atoms with Gasteiger partial charge in [0.15, 0.2) is 6.61 Å². The number of nitrogens with one attached hydrogen (secondary N) is 1. The van der Waals surface area contributed by atoms with Gasteiger partial charge in [0.25, 0.3) is 6.43 Å². The molecule has 4 rings (SSSR count). The van der Waals surface area contributed by atoms with Crippen molar-refractivity contribution in [1.29, 1.82) is 0 Å². The lowest BCUT2D eigenvalue weighted by atomic mass is 9.46. The molecule has 1 N–H and O–H groups in total. The summed E-state index contributed by atoms with van der Waals surface area (Å²) in [6, 6.07) is 4.16. The van der Waals surface area contributed by atoms with Gasteiger partial charge in [-0.1, -0.05) is 6.42 Å². The maximum Gasteiger partial charge on any atom is 0.272 e. The minimum absolute atomic E-state index is 0.263. The van der Waals surface area contributed by atoms with E-state index in [1.54, 1.807) is 12.3 Å². The third kappa shape index (κ3) is 2.62.